The Hall–Kier alpha value is -2.40. The van der Waals surface area contributed by atoms with Gasteiger partial charge in [-0.3, -0.25) is 4.79 Å². The Morgan fingerprint density at radius 1 is 1.35 bits per heavy atom. The number of amides is 1. The highest BCUT2D eigenvalue weighted by Crippen LogP contribution is 2.28. The first kappa shape index (κ1) is 14.0. The minimum atomic E-state index is -0.152. The summed E-state index contributed by atoms with van der Waals surface area (Å²) in [4.78, 5) is 15.5. The molecule has 0 aliphatic heterocycles. The summed E-state index contributed by atoms with van der Waals surface area (Å²) < 4.78 is 5.75. The van der Waals surface area contributed by atoms with Gasteiger partial charge in [-0.25, -0.2) is 4.98 Å². The van der Waals surface area contributed by atoms with Gasteiger partial charge in [0, 0.05) is 25.2 Å². The molecule has 1 aromatic carbocycles. The molecule has 5 heteroatoms. The van der Waals surface area contributed by atoms with E-state index in [1.807, 2.05) is 25.1 Å². The smallest absolute Gasteiger partial charge is 0.221 e. The summed E-state index contributed by atoms with van der Waals surface area (Å²) in [6.07, 6.45) is 0. The lowest BCUT2D eigenvalue weighted by Crippen LogP contribution is -2.07. The Labute approximate surface area is 117 Å². The number of nitrogens with one attached hydrogen (secondary N) is 1. The molecule has 20 heavy (non-hydrogen) atoms. The van der Waals surface area contributed by atoms with E-state index in [9.17, 15) is 4.79 Å². The van der Waals surface area contributed by atoms with E-state index in [1.165, 1.54) is 6.92 Å². The van der Waals surface area contributed by atoms with Crippen LogP contribution in [0.1, 0.15) is 18.2 Å². The zero-order valence-electron chi connectivity index (χ0n) is 11.5. The fourth-order valence-electron chi connectivity index (χ4n) is 1.84. The normalized spacial score (nSPS) is 10.2. The quantitative estimate of drug-likeness (QED) is 0.896. The average molecular weight is 271 g/mol. The van der Waals surface area contributed by atoms with E-state index in [1.54, 1.807) is 18.2 Å². The van der Waals surface area contributed by atoms with Crippen molar-refractivity contribution < 1.29 is 9.53 Å². The summed E-state index contributed by atoms with van der Waals surface area (Å²) in [7, 11) is 0. The van der Waals surface area contributed by atoms with Gasteiger partial charge in [0.1, 0.15) is 0 Å². The number of hydrogen-bond donors (Lipinski definition) is 2. The van der Waals surface area contributed by atoms with E-state index in [2.05, 4.69) is 10.3 Å². The van der Waals surface area contributed by atoms with E-state index in [4.69, 9.17) is 10.5 Å². The highest BCUT2D eigenvalue weighted by molar-refractivity contribution is 5.90. The van der Waals surface area contributed by atoms with E-state index < -0.39 is 0 Å². The number of ether oxygens (including phenoxy) is 1. The SMILES string of the molecule is CC(=O)Nc1ccccc1Oc1cc(CN)cc(C)n1. The molecule has 2 rings (SSSR count). The topological polar surface area (TPSA) is 77.2 Å². The number of carbonyl (C=O) groups excluding carboxylic acids is 1. The molecule has 0 atom stereocenters. The lowest BCUT2D eigenvalue weighted by molar-refractivity contribution is -0.114. The number of nitrogens with zero attached hydrogens (tertiary/aromatic N) is 1. The van der Waals surface area contributed by atoms with Gasteiger partial charge in [0.15, 0.2) is 5.75 Å². The predicted molar refractivity (Wildman–Crippen MR) is 77.7 cm³/mol. The third kappa shape index (κ3) is 3.55. The molecule has 1 aromatic heterocycles. The molecule has 0 unspecified atom stereocenters. The minimum absolute atomic E-state index is 0.152. The number of benzene rings is 1. The highest BCUT2D eigenvalue weighted by atomic mass is 16.5. The van der Waals surface area contributed by atoms with Crippen molar-refractivity contribution in [1.82, 2.24) is 4.98 Å². The summed E-state index contributed by atoms with van der Waals surface area (Å²) in [6.45, 7) is 3.76. The summed E-state index contributed by atoms with van der Waals surface area (Å²) in [5.74, 6) is 0.855. The molecular weight excluding hydrogens is 254 g/mol. The maximum Gasteiger partial charge on any atom is 0.221 e. The molecule has 2 aromatic rings. The van der Waals surface area contributed by atoms with Crippen LogP contribution in [0.5, 0.6) is 11.6 Å². The molecule has 0 aliphatic carbocycles. The summed E-state index contributed by atoms with van der Waals surface area (Å²) in [5, 5.41) is 2.72. The van der Waals surface area contributed by atoms with E-state index in [0.717, 1.165) is 11.3 Å². The summed E-state index contributed by atoms with van der Waals surface area (Å²) in [5.41, 5.74) is 8.03. The number of para-hydroxylation sites is 2. The molecule has 3 N–H and O–H groups in total. The van der Waals surface area contributed by atoms with E-state index in [0.29, 0.717) is 23.9 Å². The van der Waals surface area contributed by atoms with Gasteiger partial charge in [0.05, 0.1) is 5.69 Å². The number of aryl methyl sites for hydroxylation is 1. The van der Waals surface area contributed by atoms with E-state index >= 15 is 0 Å². The lowest BCUT2D eigenvalue weighted by Gasteiger charge is -2.11. The molecule has 0 saturated heterocycles. The van der Waals surface area contributed by atoms with Crippen LogP contribution in [0.3, 0.4) is 0 Å². The Kier molecular flexibility index (Phi) is 4.32. The molecule has 0 radical (unpaired) electrons. The van der Waals surface area contributed by atoms with Crippen LogP contribution in [0.15, 0.2) is 36.4 Å². The van der Waals surface area contributed by atoms with Crippen molar-refractivity contribution in [3.8, 4) is 11.6 Å². The third-order valence-corrected chi connectivity index (χ3v) is 2.64. The van der Waals surface area contributed by atoms with Crippen molar-refractivity contribution in [3.63, 3.8) is 0 Å². The molecule has 0 bridgehead atoms. The van der Waals surface area contributed by atoms with Gasteiger partial charge in [0.25, 0.3) is 0 Å². The van der Waals surface area contributed by atoms with Crippen molar-refractivity contribution in [2.24, 2.45) is 5.73 Å². The zero-order valence-corrected chi connectivity index (χ0v) is 11.5. The molecule has 0 spiro atoms. The fraction of sp³-hybridized carbons (Fsp3) is 0.200. The van der Waals surface area contributed by atoms with Crippen LogP contribution < -0.4 is 15.8 Å². The Balaban J connectivity index is 2.30. The van der Waals surface area contributed by atoms with E-state index in [-0.39, 0.29) is 5.91 Å². The van der Waals surface area contributed by atoms with Gasteiger partial charge in [-0.1, -0.05) is 12.1 Å². The van der Waals surface area contributed by atoms with Crippen molar-refractivity contribution in [2.45, 2.75) is 20.4 Å². The maximum absolute atomic E-state index is 11.2. The number of anilines is 1. The molecule has 1 amide bonds. The Morgan fingerprint density at radius 2 is 2.10 bits per heavy atom. The van der Waals surface area contributed by atoms with Crippen LogP contribution in [-0.2, 0) is 11.3 Å². The fourth-order valence-corrected chi connectivity index (χ4v) is 1.84. The van der Waals surface area contributed by atoms with Crippen LogP contribution in [0.4, 0.5) is 5.69 Å². The number of hydrogen-bond acceptors (Lipinski definition) is 4. The monoisotopic (exact) mass is 271 g/mol. The first-order chi connectivity index (χ1) is 9.58. The molecule has 0 saturated carbocycles. The second kappa shape index (κ2) is 6.16. The highest BCUT2D eigenvalue weighted by Gasteiger charge is 2.07. The summed E-state index contributed by atoms with van der Waals surface area (Å²) >= 11 is 0. The Morgan fingerprint density at radius 3 is 2.80 bits per heavy atom. The summed E-state index contributed by atoms with van der Waals surface area (Å²) in [6, 6.07) is 10.9. The van der Waals surface area contributed by atoms with Crippen LogP contribution >= 0.6 is 0 Å². The van der Waals surface area contributed by atoms with Crippen LogP contribution in [0.2, 0.25) is 0 Å². The maximum atomic E-state index is 11.2. The van der Waals surface area contributed by atoms with Crippen molar-refractivity contribution in [3.05, 3.63) is 47.7 Å². The van der Waals surface area contributed by atoms with Crippen LogP contribution in [-0.4, -0.2) is 10.9 Å². The largest absolute Gasteiger partial charge is 0.437 e. The first-order valence-electron chi connectivity index (χ1n) is 6.30. The number of rotatable bonds is 4. The second-order valence-corrected chi connectivity index (χ2v) is 4.44. The molecule has 1 heterocycles. The zero-order chi connectivity index (χ0) is 14.5. The molecule has 5 nitrogen and oxygen atoms in total. The average Bonchev–Trinajstić information content (AvgIpc) is 2.39. The number of aromatic nitrogens is 1. The second-order valence-electron chi connectivity index (χ2n) is 4.44. The van der Waals surface area contributed by atoms with Gasteiger partial charge in [-0.15, -0.1) is 0 Å². The lowest BCUT2D eigenvalue weighted by atomic mass is 10.2. The van der Waals surface area contributed by atoms with Gasteiger partial charge >= 0.3 is 0 Å². The molecule has 0 fully saturated rings. The van der Waals surface area contributed by atoms with Gasteiger partial charge < -0.3 is 15.8 Å². The minimum Gasteiger partial charge on any atom is -0.437 e. The van der Waals surface area contributed by atoms with Crippen molar-refractivity contribution in [2.75, 3.05) is 5.32 Å². The van der Waals surface area contributed by atoms with Crippen molar-refractivity contribution in [1.29, 1.82) is 0 Å². The number of carbonyl (C=O) groups is 1. The van der Waals surface area contributed by atoms with Crippen molar-refractivity contribution >= 4 is 11.6 Å². The molecular formula is C15H17N3O2. The molecule has 0 aliphatic rings. The molecule has 104 valence electrons. The number of nitrogens with two attached hydrogens (primary N) is 1. The van der Waals surface area contributed by atoms with Gasteiger partial charge in [-0.05, 0) is 30.7 Å². The van der Waals surface area contributed by atoms with Gasteiger partial charge in [-0.2, -0.15) is 0 Å². The van der Waals surface area contributed by atoms with Gasteiger partial charge in [0.2, 0.25) is 11.8 Å². The van der Waals surface area contributed by atoms with Crippen LogP contribution in [0.25, 0.3) is 0 Å². The Bertz CT molecular complexity index is 626. The first-order valence-corrected chi connectivity index (χ1v) is 6.30. The predicted octanol–water partition coefficient (Wildman–Crippen LogP) is 2.60. The number of pyridine rings is 1. The van der Waals surface area contributed by atoms with Crippen LogP contribution in [0, 0.1) is 6.92 Å². The third-order valence-electron chi connectivity index (χ3n) is 2.64. The standard InChI is InChI=1S/C15H17N3O2/c1-10-7-12(9-16)8-15(17-10)20-14-6-4-3-5-13(14)18-11(2)19/h3-8H,9,16H2,1-2H3,(H,18,19).